The molecule has 0 aliphatic rings. The van der Waals surface area contributed by atoms with E-state index in [2.05, 4.69) is 48.4 Å². The summed E-state index contributed by atoms with van der Waals surface area (Å²) < 4.78 is 0. The molecule has 176 valence electrons. The highest BCUT2D eigenvalue weighted by atomic mass is 16.2. The van der Waals surface area contributed by atoms with Crippen molar-refractivity contribution in [2.75, 3.05) is 25.5 Å². The third-order valence-corrected chi connectivity index (χ3v) is 3.92. The first kappa shape index (κ1) is 33.0. The molecule has 0 unspecified atom stereocenters. The maximum atomic E-state index is 7.88. The zero-order valence-electron chi connectivity index (χ0n) is 19.5. The summed E-state index contributed by atoms with van der Waals surface area (Å²) in [6.45, 7) is 10.8. The highest BCUT2D eigenvalue weighted by Gasteiger charge is 1.98. The Bertz CT molecular complexity index is 706. The Labute approximate surface area is 190 Å². The Balaban J connectivity index is -0.000000374. The van der Waals surface area contributed by atoms with Gasteiger partial charge in [-0.3, -0.25) is 10.4 Å². The highest BCUT2D eigenvalue weighted by molar-refractivity contribution is 5.97. The van der Waals surface area contributed by atoms with Gasteiger partial charge in [0.05, 0.1) is 12.4 Å². The summed E-state index contributed by atoms with van der Waals surface area (Å²) in [5, 5.41) is 17.6. The maximum Gasteiger partial charge on any atom is 0.114 e. The monoisotopic (exact) mass is 431 g/mol. The van der Waals surface area contributed by atoms with Gasteiger partial charge in [-0.25, -0.2) is 0 Å². The van der Waals surface area contributed by atoms with Gasteiger partial charge in [0.1, 0.15) is 5.84 Å². The number of aliphatic hydroxyl groups is 1. The summed E-state index contributed by atoms with van der Waals surface area (Å²) in [4.78, 5) is 4.02. The quantitative estimate of drug-likeness (QED) is 0.343. The molecular weight excluding hydrogens is 386 g/mol. The van der Waals surface area contributed by atoms with Crippen LogP contribution in [0.15, 0.2) is 53.5 Å². The number of rotatable bonds is 4. The predicted octanol–water partition coefficient (Wildman–Crippen LogP) is 5.05. The number of aliphatic imine (C=N–C) groups is 1. The number of aliphatic hydroxyl groups excluding tert-OH is 1. The van der Waals surface area contributed by atoms with Gasteiger partial charge >= 0.3 is 0 Å². The first-order valence-corrected chi connectivity index (χ1v) is 10.2. The van der Waals surface area contributed by atoms with Crippen LogP contribution in [0.5, 0.6) is 0 Å². The van der Waals surface area contributed by atoms with Crippen LogP contribution in [0, 0.1) is 26.2 Å². The first-order valence-electron chi connectivity index (χ1n) is 10.2. The van der Waals surface area contributed by atoms with Crippen molar-refractivity contribution in [2.45, 2.75) is 54.9 Å². The normalized spacial score (nSPS) is 9.35. The second kappa shape index (κ2) is 22.0. The summed E-state index contributed by atoms with van der Waals surface area (Å²) in [7, 11) is 1.73. The fraction of sp³-hybridized carbons (Fsp3) is 0.440. The molecular formula is C25H45N5O. The molecule has 0 radical (unpaired) electrons. The Morgan fingerprint density at radius 1 is 0.968 bits per heavy atom. The van der Waals surface area contributed by atoms with Crippen molar-refractivity contribution in [3.05, 3.63) is 65.2 Å². The van der Waals surface area contributed by atoms with Gasteiger partial charge in [0, 0.05) is 25.8 Å². The van der Waals surface area contributed by atoms with Gasteiger partial charge < -0.3 is 21.9 Å². The van der Waals surface area contributed by atoms with Crippen LogP contribution in [0.1, 0.15) is 50.8 Å². The van der Waals surface area contributed by atoms with Gasteiger partial charge in [0.25, 0.3) is 0 Å². The van der Waals surface area contributed by atoms with Gasteiger partial charge in [-0.2, -0.15) is 0 Å². The highest BCUT2D eigenvalue weighted by Crippen LogP contribution is 2.12. The van der Waals surface area contributed by atoms with Crippen molar-refractivity contribution in [1.82, 2.24) is 0 Å². The summed E-state index contributed by atoms with van der Waals surface area (Å²) in [6.07, 6.45) is 1.54. The minimum atomic E-state index is 0. The molecule has 0 fully saturated rings. The van der Waals surface area contributed by atoms with E-state index in [4.69, 9.17) is 22.0 Å². The molecule has 0 aromatic heterocycles. The number of nitrogens with one attached hydrogen (secondary N) is 2. The van der Waals surface area contributed by atoms with E-state index in [9.17, 15) is 0 Å². The molecule has 0 atom stereocenters. The molecule has 0 amide bonds. The zero-order chi connectivity index (χ0) is 23.4. The summed E-state index contributed by atoms with van der Waals surface area (Å²) in [5.74, 6) is 1.05. The third kappa shape index (κ3) is 19.0. The molecule has 6 nitrogen and oxygen atoms in total. The zero-order valence-corrected chi connectivity index (χ0v) is 19.5. The molecule has 0 saturated heterocycles. The fourth-order valence-electron chi connectivity index (χ4n) is 1.73. The summed E-state index contributed by atoms with van der Waals surface area (Å²) in [5.41, 5.74) is 15.4. The first-order chi connectivity index (χ1) is 14.3. The van der Waals surface area contributed by atoms with Crippen LogP contribution in [-0.2, 0) is 0 Å². The molecule has 2 aromatic rings. The van der Waals surface area contributed by atoms with Crippen molar-refractivity contribution >= 4 is 17.4 Å². The molecule has 0 bridgehead atoms. The van der Waals surface area contributed by atoms with Crippen molar-refractivity contribution in [3.63, 3.8) is 0 Å². The summed E-state index contributed by atoms with van der Waals surface area (Å²) in [6, 6.07) is 16.4. The largest absolute Gasteiger partial charge is 0.396 e. The Morgan fingerprint density at radius 2 is 1.35 bits per heavy atom. The minimum Gasteiger partial charge on any atom is -0.396 e. The average Bonchev–Trinajstić information content (AvgIpc) is 2.76. The van der Waals surface area contributed by atoms with Crippen LogP contribution in [0.25, 0.3) is 0 Å². The van der Waals surface area contributed by atoms with Crippen LogP contribution < -0.4 is 16.8 Å². The minimum absolute atomic E-state index is 0. The van der Waals surface area contributed by atoms with E-state index in [-0.39, 0.29) is 13.3 Å². The number of amidine groups is 2. The lowest BCUT2D eigenvalue weighted by atomic mass is 10.1. The third-order valence-electron chi connectivity index (χ3n) is 3.92. The van der Waals surface area contributed by atoms with E-state index in [0.29, 0.717) is 19.6 Å². The Morgan fingerprint density at radius 3 is 1.61 bits per heavy atom. The fourth-order valence-corrected chi connectivity index (χ4v) is 1.73. The van der Waals surface area contributed by atoms with E-state index in [1.807, 2.05) is 45.0 Å². The van der Waals surface area contributed by atoms with Gasteiger partial charge in [-0.05, 0) is 49.9 Å². The number of nitrogens with two attached hydrogens (primary N) is 2. The number of nitrogens with zero attached hydrogens (tertiary/aromatic N) is 1. The standard InChI is InChI=1S/C10H15N3.C8H10.C3H8N2.C3H8O.CH4/c1-8-5-3-4-6-9(8)13-10(7-11)12-2;1-7-5-3-4-6-8(7)2;1-2-3(4)5;1-2-3-4;/h3-6H,7,11H2,1-2H3,(H,12,13);3-6H,1-2H3;2H2,1H3,(H3,4,5);4H,2-3H2,1H3;1H4. The smallest absolute Gasteiger partial charge is 0.114 e. The number of hydrogen-bond donors (Lipinski definition) is 5. The van der Waals surface area contributed by atoms with Crippen LogP contribution in [0.3, 0.4) is 0 Å². The Hall–Kier alpha value is -2.70. The molecule has 0 saturated carbocycles. The van der Waals surface area contributed by atoms with E-state index in [0.717, 1.165) is 17.9 Å². The average molecular weight is 432 g/mol. The van der Waals surface area contributed by atoms with E-state index >= 15 is 0 Å². The molecule has 2 aromatic carbocycles. The van der Waals surface area contributed by atoms with E-state index < -0.39 is 0 Å². The SMILES string of the molecule is C.CCC(=N)N.CCCO.CN=C(CN)Nc1ccccc1C.Cc1ccccc1C. The molecule has 6 heteroatoms. The number of benzene rings is 2. The maximum absolute atomic E-state index is 7.88. The van der Waals surface area contributed by atoms with E-state index in [1.54, 1.807) is 7.05 Å². The number of aryl methyl sites for hydroxylation is 3. The molecule has 0 heterocycles. The van der Waals surface area contributed by atoms with Gasteiger partial charge in [-0.15, -0.1) is 0 Å². The van der Waals surface area contributed by atoms with Crippen molar-refractivity contribution in [1.29, 1.82) is 5.41 Å². The lowest BCUT2D eigenvalue weighted by Gasteiger charge is -2.09. The summed E-state index contributed by atoms with van der Waals surface area (Å²) >= 11 is 0. The number of para-hydroxylation sites is 1. The van der Waals surface area contributed by atoms with Gasteiger partial charge in [-0.1, -0.05) is 63.7 Å². The Kier molecular flexibility index (Phi) is 23.4. The second-order valence-corrected chi connectivity index (χ2v) is 6.50. The van der Waals surface area contributed by atoms with Crippen LogP contribution in [-0.4, -0.2) is 37.0 Å². The number of anilines is 1. The van der Waals surface area contributed by atoms with Gasteiger partial charge in [0.2, 0.25) is 0 Å². The van der Waals surface area contributed by atoms with Crippen molar-refractivity contribution in [2.24, 2.45) is 16.5 Å². The molecule has 31 heavy (non-hydrogen) atoms. The van der Waals surface area contributed by atoms with Crippen molar-refractivity contribution < 1.29 is 5.11 Å². The van der Waals surface area contributed by atoms with E-state index in [1.165, 1.54) is 16.7 Å². The topological polar surface area (TPSA) is 121 Å². The van der Waals surface area contributed by atoms with Crippen LogP contribution in [0.2, 0.25) is 0 Å². The predicted molar refractivity (Wildman–Crippen MR) is 139 cm³/mol. The van der Waals surface area contributed by atoms with Gasteiger partial charge in [0.15, 0.2) is 0 Å². The molecule has 0 aliphatic carbocycles. The molecule has 0 spiro atoms. The lowest BCUT2D eigenvalue weighted by Crippen LogP contribution is -2.22. The van der Waals surface area contributed by atoms with Crippen molar-refractivity contribution in [3.8, 4) is 0 Å². The number of hydrogen-bond acceptors (Lipinski definition) is 4. The molecule has 7 N–H and O–H groups in total. The van der Waals surface area contributed by atoms with Crippen LogP contribution in [0.4, 0.5) is 5.69 Å². The second-order valence-electron chi connectivity index (χ2n) is 6.50. The van der Waals surface area contributed by atoms with Crippen LogP contribution >= 0.6 is 0 Å². The lowest BCUT2D eigenvalue weighted by molar-refractivity contribution is 0.295. The molecule has 2 rings (SSSR count). The molecule has 0 aliphatic heterocycles.